The average molecular weight is 256 g/mol. The van der Waals surface area contributed by atoms with Crippen molar-refractivity contribution in [1.82, 2.24) is 0 Å². The summed E-state index contributed by atoms with van der Waals surface area (Å²) in [6.45, 7) is 0. The van der Waals surface area contributed by atoms with E-state index < -0.39 is 0 Å². The maximum Gasteiger partial charge on any atom is 0.494 e. The van der Waals surface area contributed by atoms with Crippen LogP contribution in [0.3, 0.4) is 0 Å². The predicted molar refractivity (Wildman–Crippen MR) is 76.4 cm³/mol. The van der Waals surface area contributed by atoms with Crippen LogP contribution >= 0.6 is 0 Å². The third-order valence-electron chi connectivity index (χ3n) is 5.39. The third-order valence-corrected chi connectivity index (χ3v) is 5.39. The Morgan fingerprint density at radius 3 is 1.68 bits per heavy atom. The Morgan fingerprint density at radius 1 is 0.737 bits per heavy atom. The number of rotatable bonds is 1. The number of fused-ring (bicyclic) bond motifs is 1. The van der Waals surface area contributed by atoms with E-state index >= 15 is 0 Å². The fourth-order valence-electron chi connectivity index (χ4n) is 4.43. The highest BCUT2D eigenvalue weighted by molar-refractivity contribution is 6.62. The van der Waals surface area contributed by atoms with Crippen molar-refractivity contribution in [1.29, 1.82) is 0 Å². The molecule has 2 spiro atoms. The van der Waals surface area contributed by atoms with Crippen molar-refractivity contribution in [2.75, 3.05) is 0 Å². The number of benzene rings is 1. The van der Waals surface area contributed by atoms with Gasteiger partial charge < -0.3 is 9.31 Å². The predicted octanol–water partition coefficient (Wildman–Crippen LogP) is 3.05. The summed E-state index contributed by atoms with van der Waals surface area (Å²) in [5, 5.41) is 0. The van der Waals surface area contributed by atoms with Crippen molar-refractivity contribution < 1.29 is 9.31 Å². The van der Waals surface area contributed by atoms with Crippen LogP contribution in [0.1, 0.15) is 51.4 Å². The number of hydrogen-bond acceptors (Lipinski definition) is 2. The van der Waals surface area contributed by atoms with Crippen LogP contribution in [0.5, 0.6) is 0 Å². The molecule has 1 aromatic rings. The molecule has 1 saturated heterocycles. The Balaban J connectivity index is 1.68. The Kier molecular flexibility index (Phi) is 2.75. The minimum Gasteiger partial charge on any atom is -0.399 e. The summed E-state index contributed by atoms with van der Waals surface area (Å²) in [7, 11) is -0.141. The van der Waals surface area contributed by atoms with Gasteiger partial charge >= 0.3 is 7.12 Å². The molecule has 2 aliphatic carbocycles. The van der Waals surface area contributed by atoms with E-state index in [9.17, 15) is 0 Å². The maximum atomic E-state index is 6.51. The molecule has 19 heavy (non-hydrogen) atoms. The van der Waals surface area contributed by atoms with Crippen LogP contribution in [-0.4, -0.2) is 18.3 Å². The van der Waals surface area contributed by atoms with Gasteiger partial charge in [-0.3, -0.25) is 0 Å². The zero-order chi connectivity index (χ0) is 12.8. The highest BCUT2D eigenvalue weighted by atomic mass is 16.7. The van der Waals surface area contributed by atoms with Gasteiger partial charge in [0.15, 0.2) is 0 Å². The summed E-state index contributed by atoms with van der Waals surface area (Å²) in [5.74, 6) is 0. The molecule has 0 bridgehead atoms. The average Bonchev–Trinajstić information content (AvgIpc) is 3.16. The van der Waals surface area contributed by atoms with Crippen LogP contribution < -0.4 is 5.46 Å². The zero-order valence-corrected chi connectivity index (χ0v) is 11.4. The third kappa shape index (κ3) is 1.71. The molecular formula is C16H21BO2. The Morgan fingerprint density at radius 2 is 1.21 bits per heavy atom. The molecule has 0 atom stereocenters. The summed E-state index contributed by atoms with van der Waals surface area (Å²) in [4.78, 5) is 0. The first-order valence-corrected chi connectivity index (χ1v) is 7.74. The van der Waals surface area contributed by atoms with E-state index in [1.54, 1.807) is 0 Å². The summed E-state index contributed by atoms with van der Waals surface area (Å²) in [6, 6.07) is 10.4. The van der Waals surface area contributed by atoms with Crippen LogP contribution in [-0.2, 0) is 9.31 Å². The van der Waals surface area contributed by atoms with Crippen LogP contribution in [0.15, 0.2) is 30.3 Å². The minimum atomic E-state index is -0.141. The SMILES string of the molecule is c1ccc(B2OC3(CCCC3)C3(CCCC3)O2)cc1. The maximum absolute atomic E-state index is 6.51. The topological polar surface area (TPSA) is 18.5 Å². The Hall–Kier alpha value is -0.795. The van der Waals surface area contributed by atoms with Crippen molar-refractivity contribution in [2.24, 2.45) is 0 Å². The molecule has 0 aromatic heterocycles. The molecule has 1 aromatic carbocycles. The first-order chi connectivity index (χ1) is 9.34. The molecular weight excluding hydrogens is 235 g/mol. The monoisotopic (exact) mass is 256 g/mol. The molecule has 0 unspecified atom stereocenters. The molecule has 3 fully saturated rings. The van der Waals surface area contributed by atoms with Crippen molar-refractivity contribution >= 4 is 12.6 Å². The molecule has 1 aliphatic heterocycles. The summed E-state index contributed by atoms with van der Waals surface area (Å²) < 4.78 is 13.0. The fourth-order valence-corrected chi connectivity index (χ4v) is 4.43. The van der Waals surface area contributed by atoms with Crippen LogP contribution in [0.2, 0.25) is 0 Å². The van der Waals surface area contributed by atoms with E-state index in [1.807, 2.05) is 0 Å². The van der Waals surface area contributed by atoms with E-state index in [0.717, 1.165) is 0 Å². The second-order valence-corrected chi connectivity index (χ2v) is 6.38. The van der Waals surface area contributed by atoms with Gasteiger partial charge in [-0.1, -0.05) is 56.0 Å². The molecule has 100 valence electrons. The van der Waals surface area contributed by atoms with Gasteiger partial charge in [-0.2, -0.15) is 0 Å². The van der Waals surface area contributed by atoms with Crippen LogP contribution in [0.25, 0.3) is 0 Å². The van der Waals surface area contributed by atoms with E-state index in [4.69, 9.17) is 9.31 Å². The second kappa shape index (κ2) is 4.36. The smallest absolute Gasteiger partial charge is 0.399 e. The minimum absolute atomic E-state index is 0.0179. The van der Waals surface area contributed by atoms with Crippen molar-refractivity contribution in [3.63, 3.8) is 0 Å². The van der Waals surface area contributed by atoms with Crippen molar-refractivity contribution in [2.45, 2.75) is 62.6 Å². The lowest BCUT2D eigenvalue weighted by Crippen LogP contribution is -2.47. The molecule has 3 aliphatic rings. The zero-order valence-electron chi connectivity index (χ0n) is 11.4. The fraction of sp³-hybridized carbons (Fsp3) is 0.625. The molecule has 0 amide bonds. The van der Waals surface area contributed by atoms with Crippen molar-refractivity contribution in [3.05, 3.63) is 30.3 Å². The van der Waals surface area contributed by atoms with Gasteiger partial charge in [0.1, 0.15) is 0 Å². The highest BCUT2D eigenvalue weighted by Gasteiger charge is 2.63. The molecule has 0 N–H and O–H groups in total. The Bertz CT molecular complexity index is 423. The standard InChI is InChI=1S/C16H21BO2/c1-2-8-14(9-3-1)17-18-15(10-4-5-11-15)16(19-17)12-6-7-13-16/h1-3,8-9H,4-7,10-13H2. The van der Waals surface area contributed by atoms with Gasteiger partial charge in [0, 0.05) is 0 Å². The van der Waals surface area contributed by atoms with E-state index in [1.165, 1.54) is 56.8 Å². The summed E-state index contributed by atoms with van der Waals surface area (Å²) in [5.41, 5.74) is 1.21. The lowest BCUT2D eigenvalue weighted by atomic mass is 9.79. The van der Waals surface area contributed by atoms with E-state index in [-0.39, 0.29) is 18.3 Å². The highest BCUT2D eigenvalue weighted by Crippen LogP contribution is 2.55. The molecule has 2 saturated carbocycles. The molecule has 4 rings (SSSR count). The lowest BCUT2D eigenvalue weighted by molar-refractivity contribution is -0.0400. The largest absolute Gasteiger partial charge is 0.494 e. The van der Waals surface area contributed by atoms with Crippen LogP contribution in [0.4, 0.5) is 0 Å². The van der Waals surface area contributed by atoms with E-state index in [0.29, 0.717) is 0 Å². The molecule has 1 heterocycles. The van der Waals surface area contributed by atoms with Gasteiger partial charge in [-0.05, 0) is 31.1 Å². The van der Waals surface area contributed by atoms with Crippen molar-refractivity contribution in [3.8, 4) is 0 Å². The Labute approximate surface area is 115 Å². The lowest BCUT2D eigenvalue weighted by Gasteiger charge is -2.39. The molecule has 2 nitrogen and oxygen atoms in total. The quantitative estimate of drug-likeness (QED) is 0.719. The molecule has 0 radical (unpaired) electrons. The molecule has 3 heteroatoms. The normalized spacial score (nSPS) is 27.7. The van der Waals surface area contributed by atoms with Gasteiger partial charge in [0.25, 0.3) is 0 Å². The first-order valence-electron chi connectivity index (χ1n) is 7.74. The van der Waals surface area contributed by atoms with Gasteiger partial charge in [-0.25, -0.2) is 0 Å². The van der Waals surface area contributed by atoms with Gasteiger partial charge in [-0.15, -0.1) is 0 Å². The summed E-state index contributed by atoms with van der Waals surface area (Å²) >= 11 is 0. The van der Waals surface area contributed by atoms with Gasteiger partial charge in [0.2, 0.25) is 0 Å². The number of hydrogen-bond donors (Lipinski definition) is 0. The van der Waals surface area contributed by atoms with Crippen LogP contribution in [0, 0.1) is 0 Å². The summed E-state index contributed by atoms with van der Waals surface area (Å²) in [6.07, 6.45) is 9.96. The van der Waals surface area contributed by atoms with E-state index in [2.05, 4.69) is 30.3 Å². The second-order valence-electron chi connectivity index (χ2n) is 6.38. The first kappa shape index (κ1) is 12.0. The van der Waals surface area contributed by atoms with Gasteiger partial charge in [0.05, 0.1) is 11.2 Å².